The monoisotopic (exact) mass is 516 g/mol. The summed E-state index contributed by atoms with van der Waals surface area (Å²) in [6.07, 6.45) is 3.79. The Morgan fingerprint density at radius 2 is 1.84 bits per heavy atom. The van der Waals surface area contributed by atoms with Crippen molar-refractivity contribution in [1.29, 1.82) is 0 Å². The maximum atomic E-state index is 13.9. The van der Waals surface area contributed by atoms with Gasteiger partial charge in [0.2, 0.25) is 11.7 Å². The number of hydrogen-bond donors (Lipinski definition) is 3. The molecule has 196 valence electrons. The number of carbonyl (C=O) groups is 2. The first-order chi connectivity index (χ1) is 18.4. The fourth-order valence-electron chi connectivity index (χ4n) is 4.67. The lowest BCUT2D eigenvalue weighted by atomic mass is 10.0. The van der Waals surface area contributed by atoms with Gasteiger partial charge in [-0.15, -0.1) is 10.2 Å². The minimum Gasteiger partial charge on any atom is -0.508 e. The maximum Gasteiger partial charge on any atom is 0.251 e. The van der Waals surface area contributed by atoms with Gasteiger partial charge in [-0.3, -0.25) is 14.5 Å². The molecule has 1 aliphatic carbocycles. The molecular formula is C27H28N6O5. The lowest BCUT2D eigenvalue weighted by Crippen LogP contribution is -2.47. The van der Waals surface area contributed by atoms with E-state index in [1.54, 1.807) is 43.3 Å². The van der Waals surface area contributed by atoms with Crippen molar-refractivity contribution in [1.82, 2.24) is 25.5 Å². The third-order valence-corrected chi connectivity index (χ3v) is 6.48. The zero-order valence-electron chi connectivity index (χ0n) is 20.8. The van der Waals surface area contributed by atoms with Crippen LogP contribution in [0.4, 0.5) is 5.69 Å². The highest BCUT2D eigenvalue weighted by Gasteiger charge is 2.35. The summed E-state index contributed by atoms with van der Waals surface area (Å²) in [5.74, 6) is 0.439. The van der Waals surface area contributed by atoms with E-state index in [2.05, 4.69) is 20.7 Å². The maximum absolute atomic E-state index is 13.9. The van der Waals surface area contributed by atoms with Crippen LogP contribution < -0.4 is 10.2 Å². The topological polar surface area (TPSA) is 147 Å². The van der Waals surface area contributed by atoms with Crippen LogP contribution in [0.2, 0.25) is 0 Å². The molecule has 1 atom stereocenters. The lowest BCUT2D eigenvalue weighted by molar-refractivity contribution is -0.127. The van der Waals surface area contributed by atoms with E-state index in [-0.39, 0.29) is 35.8 Å². The number of phenols is 2. The van der Waals surface area contributed by atoms with Gasteiger partial charge in [0.05, 0.1) is 0 Å². The molecule has 3 N–H and O–H groups in total. The van der Waals surface area contributed by atoms with E-state index in [0.29, 0.717) is 22.8 Å². The Labute approximate surface area is 218 Å². The number of phenolic OH excluding ortho intramolecular Hbond substituents is 2. The second-order valence-electron chi connectivity index (χ2n) is 9.32. The molecule has 2 aromatic heterocycles. The summed E-state index contributed by atoms with van der Waals surface area (Å²) in [4.78, 5) is 30.0. The number of rotatable bonds is 8. The predicted octanol–water partition coefficient (Wildman–Crippen LogP) is 3.49. The Balaban J connectivity index is 1.51. The van der Waals surface area contributed by atoms with Crippen LogP contribution in [0.25, 0.3) is 11.6 Å². The summed E-state index contributed by atoms with van der Waals surface area (Å²) in [6, 6.07) is 14.7. The van der Waals surface area contributed by atoms with Crippen molar-refractivity contribution in [2.75, 3.05) is 4.90 Å². The number of aromatic nitrogens is 4. The summed E-state index contributed by atoms with van der Waals surface area (Å²) >= 11 is 0. The van der Waals surface area contributed by atoms with E-state index < -0.39 is 11.9 Å². The molecule has 2 aromatic carbocycles. The summed E-state index contributed by atoms with van der Waals surface area (Å²) < 4.78 is 5.54. The second kappa shape index (κ2) is 10.8. The molecule has 5 rings (SSSR count). The normalized spacial score (nSPS) is 14.3. The third kappa shape index (κ3) is 5.51. The van der Waals surface area contributed by atoms with Crippen LogP contribution in [0.15, 0.2) is 65.1 Å². The number of nitrogens with zero attached hydrogens (tertiary/aromatic N) is 5. The molecule has 1 saturated carbocycles. The molecule has 11 heteroatoms. The molecular weight excluding hydrogens is 488 g/mol. The zero-order valence-corrected chi connectivity index (χ0v) is 20.8. The highest BCUT2D eigenvalue weighted by Crippen LogP contribution is 2.32. The number of anilines is 1. The van der Waals surface area contributed by atoms with Crippen LogP contribution in [-0.4, -0.2) is 48.3 Å². The highest BCUT2D eigenvalue weighted by molar-refractivity contribution is 6.01. The van der Waals surface area contributed by atoms with Crippen LogP contribution in [-0.2, 0) is 16.1 Å². The molecule has 2 amide bonds. The van der Waals surface area contributed by atoms with E-state index in [0.717, 1.165) is 30.5 Å². The van der Waals surface area contributed by atoms with Gasteiger partial charge >= 0.3 is 0 Å². The summed E-state index contributed by atoms with van der Waals surface area (Å²) in [6.45, 7) is 1.47. The molecule has 38 heavy (non-hydrogen) atoms. The average molecular weight is 517 g/mol. The van der Waals surface area contributed by atoms with Crippen molar-refractivity contribution in [3.05, 3.63) is 72.0 Å². The number of carbonyl (C=O) groups excluding carboxylic acids is 2. The number of aromatic hydroxyl groups is 2. The van der Waals surface area contributed by atoms with Crippen LogP contribution in [0, 0.1) is 6.92 Å². The number of aryl methyl sites for hydroxylation is 1. The smallest absolute Gasteiger partial charge is 0.251 e. The van der Waals surface area contributed by atoms with Crippen molar-refractivity contribution in [3.8, 4) is 23.1 Å². The highest BCUT2D eigenvalue weighted by atomic mass is 16.3. The average Bonchev–Trinajstić information content (AvgIpc) is 3.66. The molecule has 0 bridgehead atoms. The molecule has 2 heterocycles. The molecule has 1 unspecified atom stereocenters. The standard InChI is InChI=1S/C27H28N6O5/c1-17-9-14-23(38-17)26-29-31-32(30-26)16-24(36)33(20-7-4-8-22(35)15-20)25(18-10-12-21(34)13-11-18)27(37)28-19-5-2-3-6-19/h4,7-15,19,25,34-35H,2-3,5-6,16H2,1H3,(H,28,37). The van der Waals surface area contributed by atoms with E-state index >= 15 is 0 Å². The van der Waals surface area contributed by atoms with Gasteiger partial charge in [-0.1, -0.05) is 31.0 Å². The number of tetrazole rings is 1. The molecule has 1 fully saturated rings. The molecule has 1 aliphatic rings. The first kappa shape index (κ1) is 25.0. The van der Waals surface area contributed by atoms with Gasteiger partial charge in [-0.25, -0.2) is 0 Å². The molecule has 0 aliphatic heterocycles. The summed E-state index contributed by atoms with van der Waals surface area (Å²) in [5.41, 5.74) is 0.810. The van der Waals surface area contributed by atoms with Gasteiger partial charge in [0.15, 0.2) is 5.76 Å². The minimum absolute atomic E-state index is 0.0135. The van der Waals surface area contributed by atoms with Crippen LogP contribution in [0.5, 0.6) is 11.5 Å². The van der Waals surface area contributed by atoms with E-state index in [1.807, 2.05) is 0 Å². The number of furan rings is 1. The number of nitrogens with one attached hydrogen (secondary N) is 1. The fourth-order valence-corrected chi connectivity index (χ4v) is 4.67. The van der Waals surface area contributed by atoms with Crippen LogP contribution in [0.3, 0.4) is 0 Å². The van der Waals surface area contributed by atoms with Crippen molar-refractivity contribution in [2.45, 2.75) is 51.2 Å². The Kier molecular flexibility index (Phi) is 7.07. The Morgan fingerprint density at radius 1 is 1.08 bits per heavy atom. The second-order valence-corrected chi connectivity index (χ2v) is 9.32. The van der Waals surface area contributed by atoms with Crippen molar-refractivity contribution in [3.63, 3.8) is 0 Å². The third-order valence-electron chi connectivity index (χ3n) is 6.48. The van der Waals surface area contributed by atoms with Gasteiger partial charge in [0.25, 0.3) is 5.91 Å². The van der Waals surface area contributed by atoms with Gasteiger partial charge in [-0.05, 0) is 66.9 Å². The van der Waals surface area contributed by atoms with Gasteiger partial charge in [-0.2, -0.15) is 4.80 Å². The lowest BCUT2D eigenvalue weighted by Gasteiger charge is -2.32. The molecule has 4 aromatic rings. The Bertz CT molecular complexity index is 1420. The van der Waals surface area contributed by atoms with Crippen molar-refractivity contribution >= 4 is 17.5 Å². The summed E-state index contributed by atoms with van der Waals surface area (Å²) in [5, 5.41) is 35.4. The number of benzene rings is 2. The molecule has 0 spiro atoms. The minimum atomic E-state index is -1.08. The first-order valence-electron chi connectivity index (χ1n) is 12.4. The quantitative estimate of drug-likeness (QED) is 0.323. The first-order valence-corrected chi connectivity index (χ1v) is 12.4. The van der Waals surface area contributed by atoms with Gasteiger partial charge in [0, 0.05) is 17.8 Å². The SMILES string of the molecule is Cc1ccc(-c2nnn(CC(=O)N(c3cccc(O)c3)C(C(=O)NC3CCCC3)c3ccc(O)cc3)n2)o1. The van der Waals surface area contributed by atoms with Crippen LogP contribution >= 0.6 is 0 Å². The summed E-state index contributed by atoms with van der Waals surface area (Å²) in [7, 11) is 0. The van der Waals surface area contributed by atoms with Crippen LogP contribution in [0.1, 0.15) is 43.0 Å². The molecule has 0 radical (unpaired) electrons. The van der Waals surface area contributed by atoms with E-state index in [9.17, 15) is 19.8 Å². The molecule has 11 nitrogen and oxygen atoms in total. The zero-order chi connectivity index (χ0) is 26.6. The number of hydrogen-bond acceptors (Lipinski definition) is 8. The Hall–Kier alpha value is -4.67. The van der Waals surface area contributed by atoms with Gasteiger partial charge < -0.3 is 19.9 Å². The van der Waals surface area contributed by atoms with Crippen molar-refractivity contribution in [2.24, 2.45) is 0 Å². The van der Waals surface area contributed by atoms with Crippen molar-refractivity contribution < 1.29 is 24.2 Å². The molecule has 0 saturated heterocycles. The Morgan fingerprint density at radius 3 is 2.53 bits per heavy atom. The number of amides is 2. The van der Waals surface area contributed by atoms with Gasteiger partial charge in [0.1, 0.15) is 29.8 Å². The predicted molar refractivity (Wildman–Crippen MR) is 137 cm³/mol. The largest absolute Gasteiger partial charge is 0.508 e. The van der Waals surface area contributed by atoms with E-state index in [4.69, 9.17) is 4.42 Å². The fraction of sp³-hybridized carbons (Fsp3) is 0.296. The van der Waals surface area contributed by atoms with E-state index in [1.165, 1.54) is 29.2 Å².